The summed E-state index contributed by atoms with van der Waals surface area (Å²) in [5, 5.41) is 0. The number of nitrogens with zero attached hydrogens (tertiary/aromatic N) is 2. The first-order valence-corrected chi connectivity index (χ1v) is 14.3. The van der Waals surface area contributed by atoms with Gasteiger partial charge in [-0.3, -0.25) is 19.4 Å². The zero-order chi connectivity index (χ0) is 27.9. The van der Waals surface area contributed by atoms with E-state index in [2.05, 4.69) is 58.3 Å². The average Bonchev–Trinajstić information content (AvgIpc) is 3.00. The molecule has 0 aliphatic carbocycles. The van der Waals surface area contributed by atoms with Crippen molar-refractivity contribution in [3.63, 3.8) is 0 Å². The van der Waals surface area contributed by atoms with Crippen LogP contribution >= 0.6 is 0 Å². The van der Waals surface area contributed by atoms with E-state index in [9.17, 15) is 9.59 Å². The van der Waals surface area contributed by atoms with E-state index in [4.69, 9.17) is 0 Å². The summed E-state index contributed by atoms with van der Waals surface area (Å²) in [5.41, 5.74) is 6.19. The van der Waals surface area contributed by atoms with Crippen molar-refractivity contribution in [1.82, 2.24) is 9.80 Å². The smallest absolute Gasteiger partial charge is 0.164 e. The lowest BCUT2D eigenvalue weighted by atomic mass is 9.94. The predicted octanol–water partition coefficient (Wildman–Crippen LogP) is 7.25. The first-order valence-electron chi connectivity index (χ1n) is 14.3. The number of hydrogen-bond acceptors (Lipinski definition) is 4. The van der Waals surface area contributed by atoms with Gasteiger partial charge in [-0.1, -0.05) is 120 Å². The van der Waals surface area contributed by atoms with Gasteiger partial charge >= 0.3 is 0 Å². The van der Waals surface area contributed by atoms with Gasteiger partial charge < -0.3 is 0 Å². The maximum absolute atomic E-state index is 13.3. The first kappa shape index (κ1) is 27.7. The Bertz CT molecular complexity index is 1280. The number of carbonyl (C=O) groups is 2. The summed E-state index contributed by atoms with van der Waals surface area (Å²) >= 11 is 0. The summed E-state index contributed by atoms with van der Waals surface area (Å²) in [6.07, 6.45) is 0.891. The van der Waals surface area contributed by atoms with Crippen LogP contribution < -0.4 is 0 Å². The molecule has 1 fully saturated rings. The van der Waals surface area contributed by atoms with Gasteiger partial charge in [0.1, 0.15) is 0 Å². The SMILES string of the molecule is Cc1ccc(C(=O)C[C@H](c2ccccc2)N2CCN([C@@H](CC(=O)c3ccc(C)cc3)c3ccccc3)CC2)cc1. The Balaban J connectivity index is 1.32. The highest BCUT2D eigenvalue weighted by Gasteiger charge is 2.31. The third-order valence-corrected chi connectivity index (χ3v) is 8.10. The van der Waals surface area contributed by atoms with E-state index in [0.29, 0.717) is 12.8 Å². The Morgan fingerprint density at radius 3 is 1.18 bits per heavy atom. The van der Waals surface area contributed by atoms with E-state index in [1.807, 2.05) is 74.5 Å². The molecule has 4 aromatic carbocycles. The highest BCUT2D eigenvalue weighted by Crippen LogP contribution is 2.31. The van der Waals surface area contributed by atoms with Crippen molar-refractivity contribution < 1.29 is 9.59 Å². The van der Waals surface area contributed by atoms with Gasteiger partial charge in [-0.25, -0.2) is 0 Å². The molecule has 0 spiro atoms. The highest BCUT2D eigenvalue weighted by atomic mass is 16.1. The molecule has 1 heterocycles. The summed E-state index contributed by atoms with van der Waals surface area (Å²) in [6.45, 7) is 7.42. The lowest BCUT2D eigenvalue weighted by Crippen LogP contribution is -2.49. The van der Waals surface area contributed by atoms with Gasteiger partial charge in [-0.05, 0) is 25.0 Å². The van der Waals surface area contributed by atoms with Crippen LogP contribution in [0.2, 0.25) is 0 Å². The molecule has 0 amide bonds. The summed E-state index contributed by atoms with van der Waals surface area (Å²) in [5.74, 6) is 0.337. The Morgan fingerprint density at radius 1 is 0.525 bits per heavy atom. The average molecular weight is 531 g/mol. The van der Waals surface area contributed by atoms with Crippen molar-refractivity contribution >= 4 is 11.6 Å². The molecule has 5 rings (SSSR count). The molecule has 0 saturated carbocycles. The van der Waals surface area contributed by atoms with Gasteiger partial charge in [-0.2, -0.15) is 0 Å². The third-order valence-electron chi connectivity index (χ3n) is 8.10. The molecular formula is C36H38N2O2. The van der Waals surface area contributed by atoms with Crippen LogP contribution in [-0.4, -0.2) is 47.5 Å². The number of aryl methyl sites for hydroxylation is 2. The molecule has 204 valence electrons. The van der Waals surface area contributed by atoms with Crippen molar-refractivity contribution in [3.05, 3.63) is 143 Å². The van der Waals surface area contributed by atoms with Crippen LogP contribution in [0.3, 0.4) is 0 Å². The second-order valence-corrected chi connectivity index (χ2v) is 10.9. The molecular weight excluding hydrogens is 492 g/mol. The van der Waals surface area contributed by atoms with E-state index in [1.165, 1.54) is 11.1 Å². The quantitative estimate of drug-likeness (QED) is 0.203. The summed E-state index contributed by atoms with van der Waals surface area (Å²) in [4.78, 5) is 31.6. The van der Waals surface area contributed by atoms with E-state index < -0.39 is 0 Å². The minimum atomic E-state index is 0.0153. The van der Waals surface area contributed by atoms with Gasteiger partial charge in [0.05, 0.1) is 0 Å². The van der Waals surface area contributed by atoms with Crippen LogP contribution in [-0.2, 0) is 0 Å². The summed E-state index contributed by atoms with van der Waals surface area (Å²) in [7, 11) is 0. The molecule has 4 nitrogen and oxygen atoms in total. The number of hydrogen-bond donors (Lipinski definition) is 0. The number of piperazine rings is 1. The standard InChI is InChI=1S/C36H38N2O2/c1-27-13-17-31(18-14-27)35(39)25-33(29-9-5-3-6-10-29)37-21-23-38(24-22-37)34(30-11-7-4-8-12-30)26-36(40)32-19-15-28(2)16-20-32/h3-20,33-34H,21-26H2,1-2H3/t33-,34+. The first-order chi connectivity index (χ1) is 19.5. The zero-order valence-corrected chi connectivity index (χ0v) is 23.5. The van der Waals surface area contributed by atoms with E-state index in [-0.39, 0.29) is 23.7 Å². The number of ketones is 2. The van der Waals surface area contributed by atoms with Gasteiger partial charge in [0.2, 0.25) is 0 Å². The fourth-order valence-corrected chi connectivity index (χ4v) is 5.69. The van der Waals surface area contributed by atoms with E-state index in [1.54, 1.807) is 0 Å². The second kappa shape index (κ2) is 13.0. The third kappa shape index (κ3) is 6.82. The summed E-state index contributed by atoms with van der Waals surface area (Å²) in [6, 6.07) is 36.6. The zero-order valence-electron chi connectivity index (χ0n) is 23.5. The van der Waals surface area contributed by atoms with Crippen molar-refractivity contribution in [2.24, 2.45) is 0 Å². The molecule has 0 bridgehead atoms. The molecule has 1 aliphatic rings. The Kier molecular flexibility index (Phi) is 9.00. The molecule has 4 heteroatoms. The van der Waals surface area contributed by atoms with Crippen LogP contribution in [0.5, 0.6) is 0 Å². The topological polar surface area (TPSA) is 40.6 Å². The maximum Gasteiger partial charge on any atom is 0.164 e. The monoisotopic (exact) mass is 530 g/mol. The molecule has 4 aromatic rings. The minimum Gasteiger partial charge on any atom is -0.294 e. The second-order valence-electron chi connectivity index (χ2n) is 10.9. The van der Waals surface area contributed by atoms with Crippen LogP contribution in [0.15, 0.2) is 109 Å². The Hall–Kier alpha value is -3.86. The number of rotatable bonds is 10. The van der Waals surface area contributed by atoms with Gasteiger partial charge in [0, 0.05) is 62.2 Å². The number of carbonyl (C=O) groups excluding carboxylic acids is 2. The Morgan fingerprint density at radius 2 is 0.850 bits per heavy atom. The molecule has 40 heavy (non-hydrogen) atoms. The highest BCUT2D eigenvalue weighted by molar-refractivity contribution is 5.97. The molecule has 2 atom stereocenters. The van der Waals surface area contributed by atoms with Crippen molar-refractivity contribution in [2.45, 2.75) is 38.8 Å². The fourth-order valence-electron chi connectivity index (χ4n) is 5.69. The van der Waals surface area contributed by atoms with Crippen molar-refractivity contribution in [1.29, 1.82) is 0 Å². The maximum atomic E-state index is 13.3. The molecule has 0 N–H and O–H groups in total. The fraction of sp³-hybridized carbons (Fsp3) is 0.278. The largest absolute Gasteiger partial charge is 0.294 e. The van der Waals surface area contributed by atoms with E-state index in [0.717, 1.165) is 48.4 Å². The van der Waals surface area contributed by atoms with Gasteiger partial charge in [-0.15, -0.1) is 0 Å². The molecule has 0 aromatic heterocycles. The summed E-state index contributed by atoms with van der Waals surface area (Å²) < 4.78 is 0. The molecule has 1 saturated heterocycles. The molecule has 0 radical (unpaired) electrons. The van der Waals surface area contributed by atoms with Crippen LogP contribution in [0.25, 0.3) is 0 Å². The predicted molar refractivity (Wildman–Crippen MR) is 162 cm³/mol. The Labute approximate surface area is 238 Å². The molecule has 1 aliphatic heterocycles. The lowest BCUT2D eigenvalue weighted by molar-refractivity contribution is 0.0557. The van der Waals surface area contributed by atoms with Crippen LogP contribution in [0, 0.1) is 13.8 Å². The molecule has 0 unspecified atom stereocenters. The van der Waals surface area contributed by atoms with E-state index >= 15 is 0 Å². The number of Topliss-reactive ketones (excluding diaryl/α,β-unsaturated/α-hetero) is 2. The lowest BCUT2D eigenvalue weighted by Gasteiger charge is -2.42. The van der Waals surface area contributed by atoms with Crippen molar-refractivity contribution in [3.8, 4) is 0 Å². The number of benzene rings is 4. The van der Waals surface area contributed by atoms with Gasteiger partial charge in [0.15, 0.2) is 11.6 Å². The van der Waals surface area contributed by atoms with Gasteiger partial charge in [0.25, 0.3) is 0 Å². The van der Waals surface area contributed by atoms with Crippen molar-refractivity contribution in [2.75, 3.05) is 26.2 Å². The van der Waals surface area contributed by atoms with Crippen LogP contribution in [0.1, 0.15) is 67.9 Å². The van der Waals surface area contributed by atoms with Crippen LogP contribution in [0.4, 0.5) is 0 Å². The minimum absolute atomic E-state index is 0.0153. The normalized spacial score (nSPS) is 15.8.